The van der Waals surface area contributed by atoms with Crippen molar-refractivity contribution >= 4 is 47.4 Å². The van der Waals surface area contributed by atoms with Gasteiger partial charge in [-0.25, -0.2) is 0 Å². The summed E-state index contributed by atoms with van der Waals surface area (Å²) in [6, 6.07) is 20.2. The molecule has 0 amide bonds. The molecule has 1 aliphatic heterocycles. The van der Waals surface area contributed by atoms with E-state index in [4.69, 9.17) is 16.6 Å². The van der Waals surface area contributed by atoms with Gasteiger partial charge in [0.2, 0.25) is 0 Å². The maximum Gasteiger partial charge on any atom is 0.488 e. The number of carbonyl (C=O) groups excluding carboxylic acids is 1. The Hall–Kier alpha value is -3.24. The molecule has 0 unspecified atom stereocenters. The number of ketones is 1. The number of Topliss-reactive ketones (excluding diaryl/α,β-unsaturated/α-hetero) is 1. The quantitative estimate of drug-likeness (QED) is 0.377. The van der Waals surface area contributed by atoms with Crippen LogP contribution in [-0.4, -0.2) is 43.4 Å². The Kier molecular flexibility index (Phi) is 6.81. The maximum atomic E-state index is 12.1. The van der Waals surface area contributed by atoms with Gasteiger partial charge < -0.3 is 10.0 Å². The number of hydrogen-bond donors (Lipinski definition) is 2. The summed E-state index contributed by atoms with van der Waals surface area (Å²) in [4.78, 5) is 19.1. The molecule has 0 saturated heterocycles. The van der Waals surface area contributed by atoms with Gasteiger partial charge in [-0.3, -0.25) is 14.4 Å². The summed E-state index contributed by atoms with van der Waals surface area (Å²) < 4.78 is 1.97. The van der Waals surface area contributed by atoms with Crippen LogP contribution in [0.3, 0.4) is 0 Å². The fourth-order valence-electron chi connectivity index (χ4n) is 4.23. The van der Waals surface area contributed by atoms with Crippen LogP contribution in [0.2, 0.25) is 5.02 Å². The van der Waals surface area contributed by atoms with Crippen LogP contribution in [0.1, 0.15) is 42.2 Å². The Balaban J connectivity index is 1.65. The lowest BCUT2D eigenvalue weighted by Gasteiger charge is -2.14. The van der Waals surface area contributed by atoms with Gasteiger partial charge in [0.25, 0.3) is 0 Å². The number of benzene rings is 3. The summed E-state index contributed by atoms with van der Waals surface area (Å²) in [7, 11) is -1.50. The van der Waals surface area contributed by atoms with E-state index >= 15 is 0 Å². The number of nitrogens with zero attached hydrogens (tertiary/aromatic N) is 4. The minimum atomic E-state index is -1.50. The lowest BCUT2D eigenvalue weighted by molar-refractivity contribution is -0.117. The molecule has 0 spiro atoms. The van der Waals surface area contributed by atoms with Gasteiger partial charge in [-0.2, -0.15) is 0 Å². The summed E-state index contributed by atoms with van der Waals surface area (Å²) >= 11 is 7.71. The zero-order valence-electron chi connectivity index (χ0n) is 19.6. The molecule has 1 atom stereocenters. The Morgan fingerprint density at radius 2 is 1.72 bits per heavy atom. The van der Waals surface area contributed by atoms with E-state index in [1.807, 2.05) is 60.0 Å². The Labute approximate surface area is 218 Å². The molecule has 4 aromatic rings. The summed E-state index contributed by atoms with van der Waals surface area (Å²) in [5.74, 6) is 1.36. The standard InChI is InChI=1S/C26H22BClN4O3S/c1-15(33)13-23-26-31-30-16(2)32(26)24-12-11-21(36-20-9-5-18(6-10-20)27(34)35)14-22(24)25(29-23)17-3-7-19(28)8-4-17/h3-12,14,23,34-35H,13H2,1-2H3/t23-/m0/s1. The van der Waals surface area contributed by atoms with Gasteiger partial charge in [-0.15, -0.1) is 10.2 Å². The molecule has 2 N–H and O–H groups in total. The van der Waals surface area contributed by atoms with Crippen molar-refractivity contribution in [2.75, 3.05) is 0 Å². The molecule has 0 radical (unpaired) electrons. The van der Waals surface area contributed by atoms with E-state index in [0.717, 1.165) is 32.3 Å². The van der Waals surface area contributed by atoms with Gasteiger partial charge in [0.15, 0.2) is 5.82 Å². The SMILES string of the molecule is CC(=O)C[C@@H]1N=C(c2ccc(Cl)cc2)c2cc(Sc3ccc(B(O)O)cc3)ccc2-n2c(C)nnc21. The summed E-state index contributed by atoms with van der Waals surface area (Å²) in [5.41, 5.74) is 3.84. The van der Waals surface area contributed by atoms with E-state index < -0.39 is 13.2 Å². The zero-order valence-corrected chi connectivity index (χ0v) is 21.2. The monoisotopic (exact) mass is 516 g/mol. The number of fused-ring (bicyclic) bond motifs is 3. The zero-order chi connectivity index (χ0) is 25.4. The van der Waals surface area contributed by atoms with E-state index in [1.54, 1.807) is 30.8 Å². The molecule has 0 bridgehead atoms. The molecule has 0 saturated carbocycles. The number of rotatable bonds is 6. The molecule has 1 aromatic heterocycles. The fraction of sp³-hybridized carbons (Fsp3) is 0.154. The highest BCUT2D eigenvalue weighted by atomic mass is 35.5. The molecule has 3 aromatic carbocycles. The topological polar surface area (TPSA) is 101 Å². The molecule has 10 heteroatoms. The lowest BCUT2D eigenvalue weighted by Crippen LogP contribution is -2.29. The van der Waals surface area contributed by atoms with Crippen LogP contribution in [0.4, 0.5) is 0 Å². The average molecular weight is 517 g/mol. The fourth-order valence-corrected chi connectivity index (χ4v) is 5.21. The lowest BCUT2D eigenvalue weighted by atomic mass is 9.81. The Bertz CT molecular complexity index is 1470. The summed E-state index contributed by atoms with van der Waals surface area (Å²) in [6.45, 7) is 3.44. The van der Waals surface area contributed by atoms with Gasteiger partial charge in [-0.05, 0) is 61.8 Å². The van der Waals surface area contributed by atoms with Crippen molar-refractivity contribution in [2.24, 2.45) is 4.99 Å². The van der Waals surface area contributed by atoms with Crippen LogP contribution in [0.5, 0.6) is 0 Å². The number of hydrogen-bond acceptors (Lipinski definition) is 7. The first-order chi connectivity index (χ1) is 17.3. The molecule has 5 rings (SSSR count). The molecule has 1 aliphatic rings. The molecule has 7 nitrogen and oxygen atoms in total. The second kappa shape index (κ2) is 10.0. The van der Waals surface area contributed by atoms with Gasteiger partial charge in [0.05, 0.1) is 11.4 Å². The number of halogens is 1. The van der Waals surface area contributed by atoms with E-state index in [-0.39, 0.29) is 12.2 Å². The average Bonchev–Trinajstić information content (AvgIpc) is 3.17. The smallest absolute Gasteiger partial charge is 0.423 e. The number of aliphatic imine (C=N–C) groups is 1. The van der Waals surface area contributed by atoms with Crippen molar-refractivity contribution in [3.63, 3.8) is 0 Å². The van der Waals surface area contributed by atoms with E-state index in [1.165, 1.54) is 0 Å². The highest BCUT2D eigenvalue weighted by Gasteiger charge is 2.29. The Morgan fingerprint density at radius 1 is 1.03 bits per heavy atom. The molecule has 0 aliphatic carbocycles. The molecule has 36 heavy (non-hydrogen) atoms. The summed E-state index contributed by atoms with van der Waals surface area (Å²) in [5, 5.41) is 28.0. The molecular formula is C26H22BClN4O3S. The van der Waals surface area contributed by atoms with Crippen molar-refractivity contribution in [1.82, 2.24) is 14.8 Å². The predicted molar refractivity (Wildman–Crippen MR) is 142 cm³/mol. The van der Waals surface area contributed by atoms with Crippen molar-refractivity contribution in [2.45, 2.75) is 36.1 Å². The third-order valence-corrected chi connectivity index (χ3v) is 7.16. The van der Waals surface area contributed by atoms with Crippen LogP contribution < -0.4 is 5.46 Å². The van der Waals surface area contributed by atoms with Gasteiger partial charge in [-0.1, -0.05) is 47.6 Å². The van der Waals surface area contributed by atoms with Gasteiger partial charge in [0.1, 0.15) is 17.6 Å². The first-order valence-corrected chi connectivity index (χ1v) is 12.5. The maximum absolute atomic E-state index is 12.1. The van der Waals surface area contributed by atoms with Crippen molar-refractivity contribution in [1.29, 1.82) is 0 Å². The molecular weight excluding hydrogens is 495 g/mol. The van der Waals surface area contributed by atoms with Crippen LogP contribution >= 0.6 is 23.4 Å². The van der Waals surface area contributed by atoms with Gasteiger partial charge in [0, 0.05) is 32.4 Å². The van der Waals surface area contributed by atoms with E-state index in [9.17, 15) is 14.8 Å². The highest BCUT2D eigenvalue weighted by Crippen LogP contribution is 2.36. The Morgan fingerprint density at radius 3 is 2.39 bits per heavy atom. The molecule has 0 fully saturated rings. The normalized spacial score (nSPS) is 14.5. The second-order valence-electron chi connectivity index (χ2n) is 8.57. The van der Waals surface area contributed by atoms with Crippen LogP contribution in [0, 0.1) is 6.92 Å². The van der Waals surface area contributed by atoms with Crippen LogP contribution in [0.25, 0.3) is 5.69 Å². The first kappa shape index (κ1) is 24.5. The number of aromatic nitrogens is 3. The highest BCUT2D eigenvalue weighted by molar-refractivity contribution is 7.99. The third-order valence-electron chi connectivity index (χ3n) is 5.91. The van der Waals surface area contributed by atoms with Crippen molar-refractivity contribution in [3.05, 3.63) is 94.5 Å². The minimum Gasteiger partial charge on any atom is -0.423 e. The third kappa shape index (κ3) is 4.88. The molecule has 180 valence electrons. The minimum absolute atomic E-state index is 0.0186. The van der Waals surface area contributed by atoms with Crippen LogP contribution in [0.15, 0.2) is 81.5 Å². The van der Waals surface area contributed by atoms with Crippen molar-refractivity contribution < 1.29 is 14.8 Å². The number of aryl methyl sites for hydroxylation is 1. The van der Waals surface area contributed by atoms with E-state index in [2.05, 4.69) is 16.3 Å². The predicted octanol–water partition coefficient (Wildman–Crippen LogP) is 3.93. The second-order valence-corrected chi connectivity index (χ2v) is 10.2. The van der Waals surface area contributed by atoms with Gasteiger partial charge >= 0.3 is 7.12 Å². The summed E-state index contributed by atoms with van der Waals surface area (Å²) in [6.07, 6.45) is 0.216. The van der Waals surface area contributed by atoms with Crippen LogP contribution in [-0.2, 0) is 4.79 Å². The molecule has 2 heterocycles. The first-order valence-electron chi connectivity index (χ1n) is 11.3. The van der Waals surface area contributed by atoms with E-state index in [0.29, 0.717) is 22.1 Å². The number of carbonyl (C=O) groups is 1. The van der Waals surface area contributed by atoms with Crippen molar-refractivity contribution in [3.8, 4) is 5.69 Å². The largest absolute Gasteiger partial charge is 0.488 e.